The number of nitrogens with one attached hydrogen (secondary N) is 1. The predicted octanol–water partition coefficient (Wildman–Crippen LogP) is 2.31. The number of hydrogen-bond donors (Lipinski definition) is 1. The van der Waals surface area contributed by atoms with E-state index < -0.39 is 0 Å². The lowest BCUT2D eigenvalue weighted by molar-refractivity contribution is -0.121. The summed E-state index contributed by atoms with van der Waals surface area (Å²) in [6, 6.07) is 0.332. The smallest absolute Gasteiger partial charge is 0.221 e. The highest BCUT2D eigenvalue weighted by Crippen LogP contribution is 2.27. The van der Waals surface area contributed by atoms with Crippen LogP contribution in [0.4, 0.5) is 0 Å². The van der Waals surface area contributed by atoms with Crippen molar-refractivity contribution in [1.82, 2.24) is 5.32 Å². The molecule has 0 aromatic carbocycles. The van der Waals surface area contributed by atoms with Gasteiger partial charge in [0, 0.05) is 18.3 Å². The van der Waals surface area contributed by atoms with Crippen LogP contribution in [0.5, 0.6) is 0 Å². The average molecular weight is 204 g/mol. The van der Waals surface area contributed by atoms with E-state index in [0.29, 0.717) is 24.3 Å². The maximum Gasteiger partial charge on any atom is 0.221 e. The van der Waals surface area contributed by atoms with Gasteiger partial charge in [-0.05, 0) is 25.7 Å². The Morgan fingerprint density at radius 2 is 2.15 bits per heavy atom. The second-order valence-corrected chi connectivity index (χ2v) is 4.22. The molecule has 1 rings (SSSR count). The molecule has 0 aromatic heterocycles. The van der Waals surface area contributed by atoms with Gasteiger partial charge in [-0.2, -0.15) is 0 Å². The number of amides is 1. The molecule has 0 heterocycles. The molecule has 1 N–H and O–H groups in total. The van der Waals surface area contributed by atoms with E-state index in [1.165, 1.54) is 25.7 Å². The summed E-state index contributed by atoms with van der Waals surface area (Å²) >= 11 is 5.48. The van der Waals surface area contributed by atoms with Gasteiger partial charge < -0.3 is 5.32 Å². The van der Waals surface area contributed by atoms with Gasteiger partial charge in [-0.1, -0.05) is 12.8 Å². The van der Waals surface area contributed by atoms with Crippen LogP contribution >= 0.6 is 11.6 Å². The fourth-order valence-electron chi connectivity index (χ4n) is 1.99. The van der Waals surface area contributed by atoms with Crippen LogP contribution in [-0.4, -0.2) is 17.8 Å². The van der Waals surface area contributed by atoms with Gasteiger partial charge in [-0.15, -0.1) is 11.6 Å². The molecule has 0 aliphatic heterocycles. The van der Waals surface area contributed by atoms with Crippen LogP contribution in [0.3, 0.4) is 0 Å². The lowest BCUT2D eigenvalue weighted by Gasteiger charge is -2.19. The molecule has 0 saturated heterocycles. The SMILES string of the molecule is CC(NC(=O)CCCl)C1CCCC1. The Balaban J connectivity index is 2.22. The molecule has 1 aliphatic rings. The molecule has 1 amide bonds. The number of carbonyl (C=O) groups excluding carboxylic acids is 1. The van der Waals surface area contributed by atoms with Crippen molar-refractivity contribution in [3.8, 4) is 0 Å². The summed E-state index contributed by atoms with van der Waals surface area (Å²) in [6.07, 6.45) is 5.62. The molecule has 2 nitrogen and oxygen atoms in total. The van der Waals surface area contributed by atoms with Crippen molar-refractivity contribution in [3.05, 3.63) is 0 Å². The number of halogens is 1. The quantitative estimate of drug-likeness (QED) is 0.699. The molecule has 76 valence electrons. The molecule has 3 heteroatoms. The molecule has 0 bridgehead atoms. The Bertz CT molecular complexity index is 166. The standard InChI is InChI=1S/C10H18ClNO/c1-8(9-4-2-3-5-9)12-10(13)6-7-11/h8-9H,2-7H2,1H3,(H,12,13). The molecule has 1 atom stereocenters. The molecule has 0 aromatic rings. The summed E-state index contributed by atoms with van der Waals surface area (Å²) < 4.78 is 0. The Labute approximate surface area is 85.0 Å². The Morgan fingerprint density at radius 3 is 2.69 bits per heavy atom. The van der Waals surface area contributed by atoms with Crippen molar-refractivity contribution in [2.24, 2.45) is 5.92 Å². The van der Waals surface area contributed by atoms with Crippen molar-refractivity contribution >= 4 is 17.5 Å². The van der Waals surface area contributed by atoms with Crippen molar-refractivity contribution < 1.29 is 4.79 Å². The summed E-state index contributed by atoms with van der Waals surface area (Å²) in [6.45, 7) is 2.10. The van der Waals surface area contributed by atoms with E-state index >= 15 is 0 Å². The van der Waals surface area contributed by atoms with Gasteiger partial charge in [-0.3, -0.25) is 4.79 Å². The third kappa shape index (κ3) is 3.55. The molecule has 0 spiro atoms. The largest absolute Gasteiger partial charge is 0.353 e. The lowest BCUT2D eigenvalue weighted by Crippen LogP contribution is -2.37. The molecule has 13 heavy (non-hydrogen) atoms. The lowest BCUT2D eigenvalue weighted by atomic mass is 10.00. The number of hydrogen-bond acceptors (Lipinski definition) is 1. The second-order valence-electron chi connectivity index (χ2n) is 3.84. The highest BCUT2D eigenvalue weighted by atomic mass is 35.5. The Morgan fingerprint density at radius 1 is 1.54 bits per heavy atom. The van der Waals surface area contributed by atoms with Gasteiger partial charge >= 0.3 is 0 Å². The summed E-state index contributed by atoms with van der Waals surface area (Å²) in [5.41, 5.74) is 0. The van der Waals surface area contributed by atoms with Gasteiger partial charge in [0.25, 0.3) is 0 Å². The van der Waals surface area contributed by atoms with E-state index in [-0.39, 0.29) is 5.91 Å². The zero-order valence-electron chi connectivity index (χ0n) is 8.18. The van der Waals surface area contributed by atoms with Crippen molar-refractivity contribution in [2.45, 2.75) is 45.1 Å². The van der Waals surface area contributed by atoms with E-state index in [4.69, 9.17) is 11.6 Å². The first kappa shape index (κ1) is 10.8. The fourth-order valence-corrected chi connectivity index (χ4v) is 2.16. The molecule has 1 fully saturated rings. The van der Waals surface area contributed by atoms with E-state index in [0.717, 1.165) is 0 Å². The number of rotatable bonds is 4. The van der Waals surface area contributed by atoms with Crippen LogP contribution in [0.2, 0.25) is 0 Å². The first-order valence-electron chi connectivity index (χ1n) is 5.09. The highest BCUT2D eigenvalue weighted by molar-refractivity contribution is 6.18. The minimum absolute atomic E-state index is 0.0920. The topological polar surface area (TPSA) is 29.1 Å². The van der Waals surface area contributed by atoms with Crippen LogP contribution in [0.15, 0.2) is 0 Å². The fraction of sp³-hybridized carbons (Fsp3) is 0.900. The van der Waals surface area contributed by atoms with Crippen LogP contribution < -0.4 is 5.32 Å². The van der Waals surface area contributed by atoms with E-state index in [1.807, 2.05) is 0 Å². The molecule has 0 radical (unpaired) electrons. The van der Waals surface area contributed by atoms with E-state index in [1.54, 1.807) is 0 Å². The molecular formula is C10H18ClNO. The third-order valence-electron chi connectivity index (χ3n) is 2.82. The third-order valence-corrected chi connectivity index (χ3v) is 3.01. The van der Waals surface area contributed by atoms with Crippen molar-refractivity contribution in [3.63, 3.8) is 0 Å². The van der Waals surface area contributed by atoms with Crippen molar-refractivity contribution in [1.29, 1.82) is 0 Å². The Hall–Kier alpha value is -0.240. The van der Waals surface area contributed by atoms with Gasteiger partial charge in [0.15, 0.2) is 0 Å². The predicted molar refractivity (Wildman–Crippen MR) is 54.9 cm³/mol. The second kappa shape index (κ2) is 5.48. The summed E-state index contributed by atoms with van der Waals surface area (Å²) in [7, 11) is 0. The van der Waals surface area contributed by atoms with Gasteiger partial charge in [0.1, 0.15) is 0 Å². The molecule has 1 aliphatic carbocycles. The molecular weight excluding hydrogens is 186 g/mol. The zero-order chi connectivity index (χ0) is 9.68. The number of alkyl halides is 1. The summed E-state index contributed by atoms with van der Waals surface area (Å²) in [4.78, 5) is 11.2. The van der Waals surface area contributed by atoms with Gasteiger partial charge in [-0.25, -0.2) is 0 Å². The summed E-state index contributed by atoms with van der Waals surface area (Å²) in [5.74, 6) is 1.21. The maximum atomic E-state index is 11.2. The molecule has 1 unspecified atom stereocenters. The van der Waals surface area contributed by atoms with Crippen molar-refractivity contribution in [2.75, 3.05) is 5.88 Å². The first-order chi connectivity index (χ1) is 6.24. The highest BCUT2D eigenvalue weighted by Gasteiger charge is 2.22. The van der Waals surface area contributed by atoms with E-state index in [2.05, 4.69) is 12.2 Å². The first-order valence-corrected chi connectivity index (χ1v) is 5.63. The monoisotopic (exact) mass is 203 g/mol. The van der Waals surface area contributed by atoms with Gasteiger partial charge in [0.2, 0.25) is 5.91 Å². The summed E-state index contributed by atoms with van der Waals surface area (Å²) in [5, 5.41) is 3.00. The average Bonchev–Trinajstić information content (AvgIpc) is 2.55. The minimum atomic E-state index is 0.0920. The maximum absolute atomic E-state index is 11.2. The molecule has 1 saturated carbocycles. The zero-order valence-corrected chi connectivity index (χ0v) is 8.94. The Kier molecular flexibility index (Phi) is 4.57. The minimum Gasteiger partial charge on any atom is -0.353 e. The van der Waals surface area contributed by atoms with E-state index in [9.17, 15) is 4.79 Å². The van der Waals surface area contributed by atoms with Crippen LogP contribution in [0.1, 0.15) is 39.0 Å². The van der Waals surface area contributed by atoms with Gasteiger partial charge in [0.05, 0.1) is 0 Å². The van der Waals surface area contributed by atoms with Crippen LogP contribution in [-0.2, 0) is 4.79 Å². The van der Waals surface area contributed by atoms with Crippen LogP contribution in [0, 0.1) is 5.92 Å². The van der Waals surface area contributed by atoms with Crippen LogP contribution in [0.25, 0.3) is 0 Å². The normalized spacial score (nSPS) is 20.2. The number of carbonyl (C=O) groups is 1.